The van der Waals surface area contributed by atoms with Crippen molar-refractivity contribution in [3.05, 3.63) is 0 Å². The summed E-state index contributed by atoms with van der Waals surface area (Å²) in [5.74, 6) is 0.861. The molecule has 2 aliphatic rings. The van der Waals surface area contributed by atoms with Crippen LogP contribution in [0, 0.1) is 5.92 Å². The molecule has 1 heterocycles. The Hall–Kier alpha value is -0.370. The molecule has 2 fully saturated rings. The van der Waals surface area contributed by atoms with Crippen molar-refractivity contribution in [1.29, 1.82) is 0 Å². The fraction of sp³-hybridized carbons (Fsp3) is 0.857. The van der Waals surface area contributed by atoms with Gasteiger partial charge in [-0.05, 0) is 12.8 Å². The van der Waals surface area contributed by atoms with Gasteiger partial charge in [-0.25, -0.2) is 0 Å². The van der Waals surface area contributed by atoms with Crippen molar-refractivity contribution in [2.75, 3.05) is 6.54 Å². The summed E-state index contributed by atoms with van der Waals surface area (Å²) in [4.78, 5) is 11.0. The van der Waals surface area contributed by atoms with Gasteiger partial charge < -0.3 is 5.32 Å². The van der Waals surface area contributed by atoms with Crippen molar-refractivity contribution in [2.24, 2.45) is 5.92 Å². The predicted molar refractivity (Wildman–Crippen MR) is 34.1 cm³/mol. The molecule has 1 saturated carbocycles. The van der Waals surface area contributed by atoms with Crippen LogP contribution in [-0.2, 0) is 4.79 Å². The van der Waals surface area contributed by atoms with Crippen molar-refractivity contribution in [2.45, 2.75) is 25.3 Å². The predicted octanol–water partition coefficient (Wildman–Crippen LogP) is 0.327. The number of Topliss-reactive ketones (excluding diaryl/α,β-unsaturated/α-hetero) is 1. The van der Waals surface area contributed by atoms with Gasteiger partial charge in [0.25, 0.3) is 0 Å². The smallest absolute Gasteiger partial charge is 0.137 e. The maximum Gasteiger partial charge on any atom is 0.137 e. The van der Waals surface area contributed by atoms with Crippen LogP contribution in [0.2, 0.25) is 0 Å². The van der Waals surface area contributed by atoms with Gasteiger partial charge >= 0.3 is 0 Å². The van der Waals surface area contributed by atoms with Crippen LogP contribution in [0.1, 0.15) is 19.3 Å². The third-order valence-corrected chi connectivity index (χ3v) is 2.42. The molecular formula is C7H11NO. The highest BCUT2D eigenvalue weighted by atomic mass is 16.1. The number of carbonyl (C=O) groups excluding carboxylic acids is 1. The van der Waals surface area contributed by atoms with Crippen LogP contribution in [0.15, 0.2) is 0 Å². The quantitative estimate of drug-likeness (QED) is 0.505. The van der Waals surface area contributed by atoms with E-state index in [9.17, 15) is 4.79 Å². The molecule has 0 aromatic heterocycles. The van der Waals surface area contributed by atoms with Crippen LogP contribution in [0.4, 0.5) is 0 Å². The van der Waals surface area contributed by atoms with E-state index < -0.39 is 0 Å². The Bertz CT molecular complexity index is 144. The topological polar surface area (TPSA) is 29.1 Å². The molecule has 0 aromatic rings. The van der Waals surface area contributed by atoms with Gasteiger partial charge in [-0.1, -0.05) is 0 Å². The van der Waals surface area contributed by atoms with Crippen LogP contribution in [0.25, 0.3) is 0 Å². The van der Waals surface area contributed by atoms with E-state index in [4.69, 9.17) is 0 Å². The Kier molecular flexibility index (Phi) is 1.09. The van der Waals surface area contributed by atoms with E-state index in [1.165, 1.54) is 0 Å². The largest absolute Gasteiger partial charge is 0.313 e. The van der Waals surface area contributed by atoms with Crippen LogP contribution in [-0.4, -0.2) is 18.4 Å². The van der Waals surface area contributed by atoms with Gasteiger partial charge in [0.05, 0.1) is 0 Å². The molecule has 2 bridgehead atoms. The molecule has 2 unspecified atom stereocenters. The van der Waals surface area contributed by atoms with Gasteiger partial charge in [-0.2, -0.15) is 0 Å². The average molecular weight is 125 g/mol. The van der Waals surface area contributed by atoms with Gasteiger partial charge in [0.15, 0.2) is 0 Å². The Labute approximate surface area is 54.6 Å². The highest BCUT2D eigenvalue weighted by molar-refractivity contribution is 5.82. The van der Waals surface area contributed by atoms with E-state index in [1.54, 1.807) is 0 Å². The van der Waals surface area contributed by atoms with E-state index in [0.29, 0.717) is 17.7 Å². The first-order chi connectivity index (χ1) is 4.36. The zero-order valence-electron chi connectivity index (χ0n) is 5.39. The first-order valence-corrected chi connectivity index (χ1v) is 3.62. The second-order valence-corrected chi connectivity index (χ2v) is 3.04. The van der Waals surface area contributed by atoms with E-state index in [-0.39, 0.29) is 0 Å². The molecule has 1 aliphatic carbocycles. The summed E-state index contributed by atoms with van der Waals surface area (Å²) >= 11 is 0. The van der Waals surface area contributed by atoms with Crippen LogP contribution >= 0.6 is 0 Å². The number of hydrogen-bond donors (Lipinski definition) is 1. The maximum absolute atomic E-state index is 11.0. The molecular weight excluding hydrogens is 114 g/mol. The summed E-state index contributed by atoms with van der Waals surface area (Å²) in [5.41, 5.74) is 0. The average Bonchev–Trinajstić information content (AvgIpc) is 2.25. The summed E-state index contributed by atoms with van der Waals surface area (Å²) in [7, 11) is 0. The normalized spacial score (nSPS) is 41.6. The zero-order valence-corrected chi connectivity index (χ0v) is 5.39. The lowest BCUT2D eigenvalue weighted by molar-refractivity contribution is -0.123. The molecule has 50 valence electrons. The molecule has 2 nitrogen and oxygen atoms in total. The molecule has 2 heteroatoms. The monoisotopic (exact) mass is 125 g/mol. The van der Waals surface area contributed by atoms with Crippen molar-refractivity contribution >= 4 is 5.78 Å². The van der Waals surface area contributed by atoms with Gasteiger partial charge in [-0.3, -0.25) is 4.79 Å². The number of ketones is 1. The molecule has 0 radical (unpaired) electrons. The second kappa shape index (κ2) is 1.81. The van der Waals surface area contributed by atoms with E-state index in [0.717, 1.165) is 25.8 Å². The third-order valence-electron chi connectivity index (χ3n) is 2.42. The molecule has 0 spiro atoms. The van der Waals surface area contributed by atoms with Gasteiger partial charge in [0.1, 0.15) is 5.78 Å². The van der Waals surface area contributed by atoms with Crippen LogP contribution in [0.5, 0.6) is 0 Å². The third kappa shape index (κ3) is 0.778. The first-order valence-electron chi connectivity index (χ1n) is 3.62. The van der Waals surface area contributed by atoms with Crippen molar-refractivity contribution in [3.8, 4) is 0 Å². The Morgan fingerprint density at radius 2 is 2.44 bits per heavy atom. The van der Waals surface area contributed by atoms with Crippen molar-refractivity contribution < 1.29 is 4.79 Å². The van der Waals surface area contributed by atoms with E-state index >= 15 is 0 Å². The van der Waals surface area contributed by atoms with Crippen LogP contribution in [0.3, 0.4) is 0 Å². The van der Waals surface area contributed by atoms with Gasteiger partial charge in [0, 0.05) is 24.9 Å². The summed E-state index contributed by atoms with van der Waals surface area (Å²) in [6.45, 7) is 0.948. The lowest BCUT2D eigenvalue weighted by atomic mass is 9.89. The molecule has 2 rings (SSSR count). The standard InChI is InChI=1S/C7H11NO/c9-7-2-1-6-3-5(7)4-8-6/h5-6,8H,1-4H2. The van der Waals surface area contributed by atoms with E-state index in [1.807, 2.05) is 0 Å². The second-order valence-electron chi connectivity index (χ2n) is 3.04. The molecule has 0 amide bonds. The SMILES string of the molecule is O=C1CCC2CC1CN2. The first kappa shape index (κ1) is 5.42. The minimum atomic E-state index is 0.378. The molecule has 1 aliphatic heterocycles. The zero-order chi connectivity index (χ0) is 6.27. The Morgan fingerprint density at radius 3 is 3.22 bits per heavy atom. The van der Waals surface area contributed by atoms with Gasteiger partial charge in [-0.15, -0.1) is 0 Å². The maximum atomic E-state index is 11.0. The Balaban J connectivity index is 2.14. The molecule has 1 saturated heterocycles. The summed E-state index contributed by atoms with van der Waals surface area (Å²) in [5, 5.41) is 3.33. The number of rotatable bonds is 0. The molecule has 9 heavy (non-hydrogen) atoms. The number of fused-ring (bicyclic) bond motifs is 2. The number of hydrogen-bond acceptors (Lipinski definition) is 2. The minimum Gasteiger partial charge on any atom is -0.313 e. The highest BCUT2D eigenvalue weighted by Crippen LogP contribution is 2.25. The summed E-state index contributed by atoms with van der Waals surface area (Å²) in [6.07, 6.45) is 3.01. The minimum absolute atomic E-state index is 0.378. The fourth-order valence-corrected chi connectivity index (χ4v) is 1.80. The molecule has 0 aromatic carbocycles. The highest BCUT2D eigenvalue weighted by Gasteiger charge is 2.33. The van der Waals surface area contributed by atoms with Crippen molar-refractivity contribution in [3.63, 3.8) is 0 Å². The fourth-order valence-electron chi connectivity index (χ4n) is 1.80. The van der Waals surface area contributed by atoms with E-state index in [2.05, 4.69) is 5.32 Å². The number of carbonyl (C=O) groups is 1. The van der Waals surface area contributed by atoms with Crippen molar-refractivity contribution in [1.82, 2.24) is 5.32 Å². The molecule has 2 atom stereocenters. The summed E-state index contributed by atoms with van der Waals surface area (Å²) < 4.78 is 0. The lowest BCUT2D eigenvalue weighted by Crippen LogP contribution is -2.22. The summed E-state index contributed by atoms with van der Waals surface area (Å²) in [6, 6.07) is 0.674. The van der Waals surface area contributed by atoms with Crippen LogP contribution < -0.4 is 5.32 Å². The lowest BCUT2D eigenvalue weighted by Gasteiger charge is -2.14. The van der Waals surface area contributed by atoms with Gasteiger partial charge in [0.2, 0.25) is 0 Å². The Morgan fingerprint density at radius 1 is 1.56 bits per heavy atom. The number of nitrogens with one attached hydrogen (secondary N) is 1. The molecule has 1 N–H and O–H groups in total.